The van der Waals surface area contributed by atoms with Gasteiger partial charge in [0.15, 0.2) is 0 Å². The molecule has 0 radical (unpaired) electrons. The van der Waals surface area contributed by atoms with Crippen LogP contribution < -0.4 is 0 Å². The highest BCUT2D eigenvalue weighted by atomic mass is 32.1. The molecule has 4 rings (SSSR count). The number of rotatable bonds is 2. The average Bonchev–Trinajstić information content (AvgIpc) is 3.26. The third-order valence-electron chi connectivity index (χ3n) is 5.36. The first-order chi connectivity index (χ1) is 10.8. The third kappa shape index (κ3) is 2.70. The van der Waals surface area contributed by atoms with Crippen molar-refractivity contribution in [1.29, 1.82) is 0 Å². The second kappa shape index (κ2) is 6.30. The quantitative estimate of drug-likeness (QED) is 0.839. The van der Waals surface area contributed by atoms with Crippen LogP contribution in [0.4, 0.5) is 0 Å². The van der Waals surface area contributed by atoms with Gasteiger partial charge in [-0.1, -0.05) is 6.07 Å². The number of piperidine rings is 1. The van der Waals surface area contributed by atoms with E-state index in [1.165, 1.54) is 19.3 Å². The van der Waals surface area contributed by atoms with Gasteiger partial charge in [-0.05, 0) is 50.2 Å². The van der Waals surface area contributed by atoms with Crippen molar-refractivity contribution < 1.29 is 9.53 Å². The van der Waals surface area contributed by atoms with Crippen LogP contribution in [0.25, 0.3) is 0 Å². The molecular weight excluding hydrogens is 296 g/mol. The second-order valence-corrected chi connectivity index (χ2v) is 7.68. The Kier molecular flexibility index (Phi) is 4.20. The van der Waals surface area contributed by atoms with E-state index in [0.717, 1.165) is 44.1 Å². The molecule has 4 heterocycles. The van der Waals surface area contributed by atoms with Gasteiger partial charge in [-0.15, -0.1) is 11.3 Å². The summed E-state index contributed by atoms with van der Waals surface area (Å²) in [5, 5.41) is 1.99. The molecule has 3 saturated heterocycles. The first kappa shape index (κ1) is 14.7. The van der Waals surface area contributed by atoms with E-state index >= 15 is 0 Å². The van der Waals surface area contributed by atoms with Crippen LogP contribution in [-0.4, -0.2) is 60.6 Å². The minimum atomic E-state index is 0.211. The van der Waals surface area contributed by atoms with Crippen molar-refractivity contribution >= 4 is 17.2 Å². The normalized spacial score (nSPS) is 32.9. The molecule has 1 amide bonds. The van der Waals surface area contributed by atoms with Crippen LogP contribution in [0.1, 0.15) is 35.4 Å². The molecule has 5 heteroatoms. The molecule has 4 nitrogen and oxygen atoms in total. The second-order valence-electron chi connectivity index (χ2n) is 6.74. The van der Waals surface area contributed by atoms with Gasteiger partial charge in [0.25, 0.3) is 5.91 Å². The summed E-state index contributed by atoms with van der Waals surface area (Å²) in [5.41, 5.74) is 0. The lowest BCUT2D eigenvalue weighted by Crippen LogP contribution is -2.61. The molecule has 22 heavy (non-hydrogen) atoms. The highest BCUT2D eigenvalue weighted by Crippen LogP contribution is 2.33. The van der Waals surface area contributed by atoms with Gasteiger partial charge in [-0.2, -0.15) is 0 Å². The Morgan fingerprint density at radius 2 is 2.09 bits per heavy atom. The fourth-order valence-electron chi connectivity index (χ4n) is 4.29. The first-order valence-electron chi connectivity index (χ1n) is 8.51. The number of hydrogen-bond acceptors (Lipinski definition) is 4. The van der Waals surface area contributed by atoms with Crippen LogP contribution in [0.2, 0.25) is 0 Å². The molecule has 0 spiro atoms. The number of likely N-dealkylation sites (tertiary alicyclic amines) is 2. The molecule has 0 aliphatic carbocycles. The zero-order valence-corrected chi connectivity index (χ0v) is 13.8. The standard InChI is InChI=1S/C17H24N2O2S/c20-17(15-6-4-10-22-15)19-11-13-5-3-9-21-16(13)14(12-19)18-7-1-2-8-18/h4,6,10,13-14,16H,1-3,5,7-9,11-12H2/t13-,14+,16-/m1/s1. The van der Waals surface area contributed by atoms with E-state index in [2.05, 4.69) is 9.80 Å². The van der Waals surface area contributed by atoms with E-state index in [4.69, 9.17) is 4.74 Å². The summed E-state index contributed by atoms with van der Waals surface area (Å²) >= 11 is 1.55. The number of nitrogens with zero attached hydrogens (tertiary/aromatic N) is 2. The predicted octanol–water partition coefficient (Wildman–Crippen LogP) is 2.46. The number of carbonyl (C=O) groups excluding carboxylic acids is 1. The van der Waals surface area contributed by atoms with Gasteiger partial charge in [0.05, 0.1) is 17.0 Å². The van der Waals surface area contributed by atoms with Gasteiger partial charge in [0.1, 0.15) is 0 Å². The predicted molar refractivity (Wildman–Crippen MR) is 87.3 cm³/mol. The fourth-order valence-corrected chi connectivity index (χ4v) is 4.98. The largest absolute Gasteiger partial charge is 0.376 e. The van der Waals surface area contributed by atoms with Crippen molar-refractivity contribution in [2.75, 3.05) is 32.8 Å². The van der Waals surface area contributed by atoms with E-state index in [1.54, 1.807) is 11.3 Å². The smallest absolute Gasteiger partial charge is 0.263 e. The average molecular weight is 320 g/mol. The molecule has 3 fully saturated rings. The molecule has 0 aromatic carbocycles. The third-order valence-corrected chi connectivity index (χ3v) is 6.22. The summed E-state index contributed by atoms with van der Waals surface area (Å²) in [7, 11) is 0. The Hall–Kier alpha value is -0.910. The molecule has 0 saturated carbocycles. The number of carbonyl (C=O) groups is 1. The Morgan fingerprint density at radius 3 is 2.86 bits per heavy atom. The number of thiophene rings is 1. The lowest BCUT2D eigenvalue weighted by Gasteiger charge is -2.48. The van der Waals surface area contributed by atoms with E-state index in [9.17, 15) is 4.79 Å². The summed E-state index contributed by atoms with van der Waals surface area (Å²) in [6.07, 6.45) is 5.23. The summed E-state index contributed by atoms with van der Waals surface area (Å²) in [6.45, 7) is 4.92. The Bertz CT molecular complexity index is 513. The van der Waals surface area contributed by atoms with Crippen molar-refractivity contribution in [3.05, 3.63) is 22.4 Å². The van der Waals surface area contributed by atoms with E-state index < -0.39 is 0 Å². The van der Waals surface area contributed by atoms with Crippen molar-refractivity contribution in [2.24, 2.45) is 5.92 Å². The molecule has 3 aliphatic heterocycles. The van der Waals surface area contributed by atoms with Gasteiger partial charge in [0.2, 0.25) is 0 Å². The highest BCUT2D eigenvalue weighted by molar-refractivity contribution is 7.12. The molecule has 3 aliphatic rings. The number of amides is 1. The van der Waals surface area contributed by atoms with Crippen LogP contribution in [0.15, 0.2) is 17.5 Å². The zero-order valence-electron chi connectivity index (χ0n) is 12.9. The molecule has 3 atom stereocenters. The lowest BCUT2D eigenvalue weighted by atomic mass is 9.84. The van der Waals surface area contributed by atoms with Crippen molar-refractivity contribution in [2.45, 2.75) is 37.8 Å². The van der Waals surface area contributed by atoms with Gasteiger partial charge in [0, 0.05) is 25.6 Å². The van der Waals surface area contributed by atoms with Crippen LogP contribution in [-0.2, 0) is 4.74 Å². The molecular formula is C17H24N2O2S. The van der Waals surface area contributed by atoms with Crippen molar-refractivity contribution in [3.8, 4) is 0 Å². The molecule has 120 valence electrons. The summed E-state index contributed by atoms with van der Waals surface area (Å²) in [6, 6.07) is 4.30. The summed E-state index contributed by atoms with van der Waals surface area (Å²) in [4.78, 5) is 18.3. The maximum absolute atomic E-state index is 12.8. The van der Waals surface area contributed by atoms with Crippen LogP contribution >= 0.6 is 11.3 Å². The van der Waals surface area contributed by atoms with Crippen LogP contribution in [0.3, 0.4) is 0 Å². The fraction of sp³-hybridized carbons (Fsp3) is 0.706. The number of ether oxygens (including phenoxy) is 1. The number of hydrogen-bond donors (Lipinski definition) is 0. The lowest BCUT2D eigenvalue weighted by molar-refractivity contribution is -0.104. The topological polar surface area (TPSA) is 32.8 Å². The maximum atomic E-state index is 12.8. The van der Waals surface area contributed by atoms with Crippen LogP contribution in [0.5, 0.6) is 0 Å². The van der Waals surface area contributed by atoms with E-state index in [0.29, 0.717) is 18.1 Å². The van der Waals surface area contributed by atoms with E-state index in [1.807, 2.05) is 17.5 Å². The molecule has 1 aromatic rings. The molecule has 0 unspecified atom stereocenters. The molecule has 1 aromatic heterocycles. The van der Waals surface area contributed by atoms with E-state index in [-0.39, 0.29) is 5.91 Å². The van der Waals surface area contributed by atoms with Gasteiger partial charge >= 0.3 is 0 Å². The SMILES string of the molecule is O=C(c1cccs1)N1C[C@H]2CCCO[C@H]2[C@@H](N2CCCC2)C1. The van der Waals surface area contributed by atoms with Gasteiger partial charge in [-0.25, -0.2) is 0 Å². The maximum Gasteiger partial charge on any atom is 0.263 e. The summed E-state index contributed by atoms with van der Waals surface area (Å²) in [5.74, 6) is 0.722. The molecule has 0 bridgehead atoms. The summed E-state index contributed by atoms with van der Waals surface area (Å²) < 4.78 is 6.15. The Balaban J connectivity index is 1.55. The Labute approximate surface area is 136 Å². The minimum Gasteiger partial charge on any atom is -0.376 e. The minimum absolute atomic E-state index is 0.211. The van der Waals surface area contributed by atoms with Crippen LogP contribution in [0, 0.1) is 5.92 Å². The van der Waals surface area contributed by atoms with Crippen molar-refractivity contribution in [3.63, 3.8) is 0 Å². The highest BCUT2D eigenvalue weighted by Gasteiger charge is 2.43. The van der Waals surface area contributed by atoms with Crippen molar-refractivity contribution in [1.82, 2.24) is 9.80 Å². The molecule has 0 N–H and O–H groups in total. The monoisotopic (exact) mass is 320 g/mol. The Morgan fingerprint density at radius 1 is 1.23 bits per heavy atom. The zero-order chi connectivity index (χ0) is 14.9. The number of fused-ring (bicyclic) bond motifs is 1. The first-order valence-corrected chi connectivity index (χ1v) is 9.39. The van der Waals surface area contributed by atoms with Gasteiger partial charge in [-0.3, -0.25) is 9.69 Å². The van der Waals surface area contributed by atoms with Gasteiger partial charge < -0.3 is 9.64 Å².